The summed E-state index contributed by atoms with van der Waals surface area (Å²) in [5.41, 5.74) is 0. The molecule has 0 aromatic heterocycles. The number of aliphatic hydroxyl groups is 3. The van der Waals surface area contributed by atoms with Crippen LogP contribution in [0.15, 0.2) is 0 Å². The van der Waals surface area contributed by atoms with Crippen LogP contribution in [0.25, 0.3) is 0 Å². The summed E-state index contributed by atoms with van der Waals surface area (Å²) in [6.45, 7) is -0.448. The van der Waals surface area contributed by atoms with Gasteiger partial charge in [0.1, 0.15) is 18.3 Å². The van der Waals surface area contributed by atoms with E-state index < -0.39 is 47.1 Å². The molecule has 0 aromatic rings. The van der Waals surface area contributed by atoms with Crippen LogP contribution in [-0.4, -0.2) is 69.5 Å². The molecule has 19 heavy (non-hydrogen) atoms. The number of aliphatic hydroxyl groups excluding tert-OH is 3. The lowest BCUT2D eigenvalue weighted by molar-refractivity contribution is -0.294. The van der Waals surface area contributed by atoms with E-state index in [9.17, 15) is 20.1 Å². The van der Waals surface area contributed by atoms with Crippen molar-refractivity contribution in [2.24, 2.45) is 0 Å². The number of ether oxygens (including phenoxy) is 3. The standard InChI is InChI=1S/C9H13Cl3O7/c1-17-7(16)6-4(14)3(13)5(15)8(19-6)18-2-9(10,11)12/h3-6,8,13-15H,2H2,1H3/t3-,4-,5+,6-,8+/m0/s1. The first-order valence-electron chi connectivity index (χ1n) is 5.13. The van der Waals surface area contributed by atoms with E-state index in [1.165, 1.54) is 0 Å². The molecule has 1 aliphatic heterocycles. The Labute approximate surface area is 123 Å². The van der Waals surface area contributed by atoms with Crippen molar-refractivity contribution < 1.29 is 34.3 Å². The number of esters is 1. The SMILES string of the molecule is COC(=O)[C@H]1O[C@@H](OCC(Cl)(Cl)Cl)[C@H](O)[C@@H](O)[C@@H]1O. The molecule has 3 N–H and O–H groups in total. The lowest BCUT2D eigenvalue weighted by Crippen LogP contribution is -2.60. The van der Waals surface area contributed by atoms with E-state index >= 15 is 0 Å². The van der Waals surface area contributed by atoms with Crippen molar-refractivity contribution in [2.75, 3.05) is 13.7 Å². The van der Waals surface area contributed by atoms with E-state index in [0.29, 0.717) is 0 Å². The van der Waals surface area contributed by atoms with Gasteiger partial charge in [-0.2, -0.15) is 0 Å². The summed E-state index contributed by atoms with van der Waals surface area (Å²) in [7, 11) is 1.08. The van der Waals surface area contributed by atoms with Gasteiger partial charge in [-0.15, -0.1) is 0 Å². The normalized spacial score (nSPS) is 36.1. The van der Waals surface area contributed by atoms with E-state index in [4.69, 9.17) is 44.3 Å². The predicted molar refractivity (Wildman–Crippen MR) is 64.9 cm³/mol. The van der Waals surface area contributed by atoms with E-state index in [-0.39, 0.29) is 0 Å². The van der Waals surface area contributed by atoms with Gasteiger partial charge >= 0.3 is 5.97 Å². The first-order chi connectivity index (χ1) is 8.67. The molecule has 1 aliphatic rings. The molecule has 1 rings (SSSR count). The van der Waals surface area contributed by atoms with Crippen LogP contribution >= 0.6 is 34.8 Å². The first-order valence-corrected chi connectivity index (χ1v) is 6.26. The Hall–Kier alpha value is 0.140. The van der Waals surface area contributed by atoms with Gasteiger partial charge in [0.25, 0.3) is 0 Å². The average Bonchev–Trinajstić information content (AvgIpc) is 2.33. The molecule has 1 saturated heterocycles. The van der Waals surface area contributed by atoms with Crippen molar-refractivity contribution in [1.82, 2.24) is 0 Å². The number of hydrogen-bond donors (Lipinski definition) is 3. The third-order valence-electron chi connectivity index (χ3n) is 2.41. The number of halogens is 3. The lowest BCUT2D eigenvalue weighted by Gasteiger charge is -2.39. The summed E-state index contributed by atoms with van der Waals surface area (Å²) < 4.78 is 12.6. The highest BCUT2D eigenvalue weighted by atomic mass is 35.6. The molecule has 0 spiro atoms. The van der Waals surface area contributed by atoms with Crippen LogP contribution in [-0.2, 0) is 19.0 Å². The van der Waals surface area contributed by atoms with E-state index in [1.54, 1.807) is 0 Å². The Morgan fingerprint density at radius 1 is 1.21 bits per heavy atom. The van der Waals surface area contributed by atoms with Crippen molar-refractivity contribution >= 4 is 40.8 Å². The van der Waals surface area contributed by atoms with E-state index in [1.807, 2.05) is 0 Å². The molecule has 1 heterocycles. The first kappa shape index (κ1) is 17.2. The fourth-order valence-electron chi connectivity index (χ4n) is 1.47. The number of alkyl halides is 3. The molecule has 0 bridgehead atoms. The molecule has 0 aliphatic carbocycles. The van der Waals surface area contributed by atoms with Crippen LogP contribution < -0.4 is 0 Å². The maximum Gasteiger partial charge on any atom is 0.337 e. The second-order valence-corrected chi connectivity index (χ2v) is 6.36. The zero-order valence-electron chi connectivity index (χ0n) is 9.70. The van der Waals surface area contributed by atoms with Crippen molar-refractivity contribution in [3.63, 3.8) is 0 Å². The van der Waals surface area contributed by atoms with Gasteiger partial charge in [-0.3, -0.25) is 0 Å². The molecule has 0 amide bonds. The molecule has 7 nitrogen and oxygen atoms in total. The second-order valence-electron chi connectivity index (χ2n) is 3.85. The van der Waals surface area contributed by atoms with E-state index in [2.05, 4.69) is 4.74 Å². The molecule has 112 valence electrons. The third-order valence-corrected chi connectivity index (χ3v) is 2.74. The Kier molecular flexibility index (Phi) is 6.09. The molecule has 1 fully saturated rings. The molecular formula is C9H13Cl3O7. The Bertz CT molecular complexity index is 321. The fraction of sp³-hybridized carbons (Fsp3) is 0.889. The van der Waals surface area contributed by atoms with Crippen molar-refractivity contribution in [2.45, 2.75) is 34.5 Å². The van der Waals surface area contributed by atoms with Gasteiger partial charge in [-0.05, 0) is 0 Å². The smallest absolute Gasteiger partial charge is 0.337 e. The molecule has 5 atom stereocenters. The highest BCUT2D eigenvalue weighted by molar-refractivity contribution is 6.67. The van der Waals surface area contributed by atoms with Crippen LogP contribution in [0, 0.1) is 0 Å². The van der Waals surface area contributed by atoms with Gasteiger partial charge in [0.15, 0.2) is 12.4 Å². The minimum absolute atomic E-state index is 0.448. The van der Waals surface area contributed by atoms with Crippen molar-refractivity contribution in [1.29, 1.82) is 0 Å². The van der Waals surface area contributed by atoms with Crippen LogP contribution in [0.5, 0.6) is 0 Å². The Morgan fingerprint density at radius 3 is 2.26 bits per heavy atom. The third kappa shape index (κ3) is 4.57. The zero-order chi connectivity index (χ0) is 14.8. The van der Waals surface area contributed by atoms with Gasteiger partial charge in [0.05, 0.1) is 13.7 Å². The molecule has 0 aromatic carbocycles. The van der Waals surface area contributed by atoms with Crippen LogP contribution in [0.2, 0.25) is 0 Å². The van der Waals surface area contributed by atoms with Gasteiger partial charge in [0, 0.05) is 0 Å². The summed E-state index contributed by atoms with van der Waals surface area (Å²) in [5.74, 6) is -0.930. The monoisotopic (exact) mass is 338 g/mol. The summed E-state index contributed by atoms with van der Waals surface area (Å²) in [6.07, 6.45) is -7.89. The highest BCUT2D eigenvalue weighted by Gasteiger charge is 2.48. The largest absolute Gasteiger partial charge is 0.467 e. The van der Waals surface area contributed by atoms with Gasteiger partial charge < -0.3 is 29.5 Å². The maximum absolute atomic E-state index is 11.3. The topological polar surface area (TPSA) is 105 Å². The number of carbonyl (C=O) groups excluding carboxylic acids is 1. The minimum atomic E-state index is -1.76. The fourth-order valence-corrected chi connectivity index (χ4v) is 1.66. The molecule has 0 saturated carbocycles. The predicted octanol–water partition coefficient (Wildman–Crippen LogP) is -0.646. The van der Waals surface area contributed by atoms with Crippen molar-refractivity contribution in [3.05, 3.63) is 0 Å². The Morgan fingerprint density at radius 2 is 1.79 bits per heavy atom. The summed E-state index contributed by atoms with van der Waals surface area (Å²) in [4.78, 5) is 11.3. The minimum Gasteiger partial charge on any atom is -0.467 e. The number of methoxy groups -OCH3 is 1. The molecular weight excluding hydrogens is 326 g/mol. The van der Waals surface area contributed by atoms with Gasteiger partial charge in [-0.1, -0.05) is 34.8 Å². The second kappa shape index (κ2) is 6.73. The number of rotatable bonds is 3. The summed E-state index contributed by atoms with van der Waals surface area (Å²) >= 11 is 16.4. The Balaban J connectivity index is 2.73. The lowest BCUT2D eigenvalue weighted by atomic mass is 9.99. The molecule has 0 unspecified atom stereocenters. The summed E-state index contributed by atoms with van der Waals surface area (Å²) in [6, 6.07) is 0. The number of carbonyl (C=O) groups is 1. The maximum atomic E-state index is 11.3. The molecule has 0 radical (unpaired) electrons. The van der Waals surface area contributed by atoms with E-state index in [0.717, 1.165) is 7.11 Å². The van der Waals surface area contributed by atoms with Gasteiger partial charge in [0.2, 0.25) is 3.79 Å². The average molecular weight is 340 g/mol. The zero-order valence-corrected chi connectivity index (χ0v) is 12.0. The molecule has 10 heteroatoms. The van der Waals surface area contributed by atoms with Crippen LogP contribution in [0.1, 0.15) is 0 Å². The van der Waals surface area contributed by atoms with Crippen LogP contribution in [0.4, 0.5) is 0 Å². The number of hydrogen-bond acceptors (Lipinski definition) is 7. The van der Waals surface area contributed by atoms with Crippen molar-refractivity contribution in [3.8, 4) is 0 Å². The van der Waals surface area contributed by atoms with Gasteiger partial charge in [-0.25, -0.2) is 4.79 Å². The summed E-state index contributed by atoms with van der Waals surface area (Å²) in [5, 5.41) is 28.8. The highest BCUT2D eigenvalue weighted by Crippen LogP contribution is 2.29. The van der Waals surface area contributed by atoms with Crippen LogP contribution in [0.3, 0.4) is 0 Å². The quantitative estimate of drug-likeness (QED) is 0.464.